The Labute approximate surface area is 142 Å². The highest BCUT2D eigenvalue weighted by molar-refractivity contribution is 7.09. The lowest BCUT2D eigenvalue weighted by atomic mass is 9.69. The van der Waals surface area contributed by atoms with Gasteiger partial charge in [-0.05, 0) is 52.9 Å². The molecule has 0 bridgehead atoms. The van der Waals surface area contributed by atoms with Crippen molar-refractivity contribution in [1.82, 2.24) is 15.2 Å². The molecule has 1 aliphatic heterocycles. The van der Waals surface area contributed by atoms with Gasteiger partial charge in [0.1, 0.15) is 10.6 Å². The van der Waals surface area contributed by atoms with Gasteiger partial charge in [0.05, 0.1) is 0 Å². The molecule has 1 aliphatic carbocycles. The van der Waals surface area contributed by atoms with E-state index in [1.54, 1.807) is 11.3 Å². The van der Waals surface area contributed by atoms with Crippen LogP contribution >= 0.6 is 11.3 Å². The highest BCUT2D eigenvalue weighted by atomic mass is 32.1. The fraction of sp³-hybridized carbons (Fsp3) is 0.765. The standard InChI is InChI=1S/C17H27N3O2S/c1-16(2,3)22-15(21)20-9-5-13(11-17(20)6-4-7-17)19-12-14-18-8-10-23-14/h8,10,13,19H,4-7,9,11-12H2,1-3H3. The minimum Gasteiger partial charge on any atom is -0.444 e. The molecule has 1 amide bonds. The normalized spacial score (nSPS) is 23.6. The molecule has 128 valence electrons. The zero-order chi connectivity index (χ0) is 16.5. The predicted molar refractivity (Wildman–Crippen MR) is 91.5 cm³/mol. The molecule has 6 heteroatoms. The number of carbonyl (C=O) groups excluding carboxylic acids is 1. The third kappa shape index (κ3) is 3.86. The summed E-state index contributed by atoms with van der Waals surface area (Å²) >= 11 is 1.68. The van der Waals surface area contributed by atoms with Crippen molar-refractivity contribution in [3.63, 3.8) is 0 Å². The molecule has 1 aromatic heterocycles. The summed E-state index contributed by atoms with van der Waals surface area (Å²) in [6, 6.07) is 0.456. The Bertz CT molecular complexity index is 535. The minimum atomic E-state index is -0.429. The lowest BCUT2D eigenvalue weighted by Crippen LogP contribution is -2.63. The number of amides is 1. The van der Waals surface area contributed by atoms with Crippen molar-refractivity contribution >= 4 is 17.4 Å². The summed E-state index contributed by atoms with van der Waals surface area (Å²) in [4.78, 5) is 18.9. The molecule has 0 aromatic carbocycles. The van der Waals surface area contributed by atoms with Crippen molar-refractivity contribution in [2.24, 2.45) is 0 Å². The van der Waals surface area contributed by atoms with Gasteiger partial charge in [-0.15, -0.1) is 11.3 Å². The monoisotopic (exact) mass is 337 g/mol. The number of ether oxygens (including phenoxy) is 1. The van der Waals surface area contributed by atoms with E-state index in [-0.39, 0.29) is 11.6 Å². The van der Waals surface area contributed by atoms with Gasteiger partial charge < -0.3 is 15.0 Å². The van der Waals surface area contributed by atoms with Crippen LogP contribution in [-0.2, 0) is 11.3 Å². The highest BCUT2D eigenvalue weighted by Crippen LogP contribution is 2.45. The van der Waals surface area contributed by atoms with Crippen LogP contribution in [0.25, 0.3) is 0 Å². The summed E-state index contributed by atoms with van der Waals surface area (Å²) < 4.78 is 5.62. The van der Waals surface area contributed by atoms with Crippen LogP contribution in [0.5, 0.6) is 0 Å². The number of hydrogen-bond acceptors (Lipinski definition) is 5. The number of thiazole rings is 1. The first kappa shape index (κ1) is 16.7. The van der Waals surface area contributed by atoms with Crippen molar-refractivity contribution in [3.05, 3.63) is 16.6 Å². The maximum absolute atomic E-state index is 12.5. The van der Waals surface area contributed by atoms with E-state index < -0.39 is 5.60 Å². The van der Waals surface area contributed by atoms with Crippen molar-refractivity contribution in [1.29, 1.82) is 0 Å². The molecule has 0 radical (unpaired) electrons. The second-order valence-electron chi connectivity index (χ2n) is 7.71. The van der Waals surface area contributed by atoms with Crippen LogP contribution in [0.4, 0.5) is 4.79 Å². The van der Waals surface area contributed by atoms with Gasteiger partial charge in [-0.25, -0.2) is 9.78 Å². The second-order valence-corrected chi connectivity index (χ2v) is 8.69. The Morgan fingerprint density at radius 2 is 2.30 bits per heavy atom. The van der Waals surface area contributed by atoms with Crippen LogP contribution in [0.1, 0.15) is 57.9 Å². The maximum Gasteiger partial charge on any atom is 0.410 e. The Morgan fingerprint density at radius 1 is 1.52 bits per heavy atom. The fourth-order valence-electron chi connectivity index (χ4n) is 3.60. The number of likely N-dealkylation sites (tertiary alicyclic amines) is 1. The lowest BCUT2D eigenvalue weighted by Gasteiger charge is -2.54. The van der Waals surface area contributed by atoms with Crippen molar-refractivity contribution in [2.75, 3.05) is 6.54 Å². The van der Waals surface area contributed by atoms with Crippen LogP contribution < -0.4 is 5.32 Å². The molecule has 1 aromatic rings. The zero-order valence-corrected chi connectivity index (χ0v) is 15.1. The largest absolute Gasteiger partial charge is 0.444 e. The van der Waals surface area contributed by atoms with Crippen LogP contribution in [0.3, 0.4) is 0 Å². The van der Waals surface area contributed by atoms with Gasteiger partial charge in [-0.3, -0.25) is 0 Å². The van der Waals surface area contributed by atoms with Gasteiger partial charge in [0.25, 0.3) is 0 Å². The summed E-state index contributed by atoms with van der Waals surface area (Å²) in [7, 11) is 0. The molecule has 2 heterocycles. The Balaban J connectivity index is 1.59. The average molecular weight is 337 g/mol. The number of carbonyl (C=O) groups is 1. The first-order valence-electron chi connectivity index (χ1n) is 8.50. The van der Waals surface area contributed by atoms with Crippen LogP contribution in [0.2, 0.25) is 0 Å². The summed E-state index contributed by atoms with van der Waals surface area (Å²) in [5.41, 5.74) is -0.414. The fourth-order valence-corrected chi connectivity index (χ4v) is 4.17. The molecule has 1 atom stereocenters. The SMILES string of the molecule is CC(C)(C)OC(=O)N1CCC(NCc2nccs2)CC12CCC2. The van der Waals surface area contributed by atoms with E-state index in [1.165, 1.54) is 6.42 Å². The summed E-state index contributed by atoms with van der Waals surface area (Å²) in [5.74, 6) is 0. The van der Waals surface area contributed by atoms with Gasteiger partial charge in [0.15, 0.2) is 0 Å². The molecule has 1 N–H and O–H groups in total. The Morgan fingerprint density at radius 3 is 2.87 bits per heavy atom. The minimum absolute atomic E-state index is 0.0150. The van der Waals surface area contributed by atoms with Crippen molar-refractivity contribution in [3.8, 4) is 0 Å². The smallest absolute Gasteiger partial charge is 0.410 e. The zero-order valence-electron chi connectivity index (χ0n) is 14.3. The second kappa shape index (κ2) is 6.40. The number of nitrogens with zero attached hydrogens (tertiary/aromatic N) is 2. The van der Waals surface area contributed by atoms with E-state index in [2.05, 4.69) is 10.3 Å². The molecule has 3 rings (SSSR count). The van der Waals surface area contributed by atoms with E-state index in [0.717, 1.165) is 43.8 Å². The molecule has 5 nitrogen and oxygen atoms in total. The summed E-state index contributed by atoms with van der Waals surface area (Å²) in [6.45, 7) is 7.40. The number of piperidine rings is 1. The molecular weight excluding hydrogens is 310 g/mol. The number of hydrogen-bond donors (Lipinski definition) is 1. The first-order chi connectivity index (χ1) is 10.9. The quantitative estimate of drug-likeness (QED) is 0.916. The third-order valence-corrected chi connectivity index (χ3v) is 5.60. The van der Waals surface area contributed by atoms with E-state index in [1.807, 2.05) is 37.2 Å². The summed E-state index contributed by atoms with van der Waals surface area (Å²) in [5, 5.41) is 6.76. The first-order valence-corrected chi connectivity index (χ1v) is 9.38. The molecule has 1 spiro atoms. The Hall–Kier alpha value is -1.14. The molecule has 2 fully saturated rings. The summed E-state index contributed by atoms with van der Waals surface area (Å²) in [6.07, 6.45) is 7.11. The van der Waals surface area contributed by atoms with E-state index in [0.29, 0.717) is 6.04 Å². The molecule has 1 saturated carbocycles. The van der Waals surface area contributed by atoms with Crippen LogP contribution in [0.15, 0.2) is 11.6 Å². The molecule has 2 aliphatic rings. The van der Waals surface area contributed by atoms with Gasteiger partial charge in [0, 0.05) is 36.2 Å². The Kier molecular flexibility index (Phi) is 4.65. The highest BCUT2D eigenvalue weighted by Gasteiger charge is 2.49. The van der Waals surface area contributed by atoms with E-state index in [9.17, 15) is 4.79 Å². The van der Waals surface area contributed by atoms with Crippen LogP contribution in [0, 0.1) is 0 Å². The average Bonchev–Trinajstić information content (AvgIpc) is 2.94. The van der Waals surface area contributed by atoms with E-state index >= 15 is 0 Å². The topological polar surface area (TPSA) is 54.5 Å². The van der Waals surface area contributed by atoms with Crippen LogP contribution in [-0.4, -0.2) is 39.7 Å². The lowest BCUT2D eigenvalue weighted by molar-refractivity contribution is -0.0494. The van der Waals surface area contributed by atoms with Gasteiger partial charge in [-0.2, -0.15) is 0 Å². The molecular formula is C17H27N3O2S. The molecule has 23 heavy (non-hydrogen) atoms. The van der Waals surface area contributed by atoms with Crippen molar-refractivity contribution < 1.29 is 9.53 Å². The van der Waals surface area contributed by atoms with Gasteiger partial charge >= 0.3 is 6.09 Å². The number of rotatable bonds is 3. The third-order valence-electron chi connectivity index (χ3n) is 4.82. The predicted octanol–water partition coefficient (Wildman–Crippen LogP) is 3.55. The molecule has 1 saturated heterocycles. The maximum atomic E-state index is 12.5. The number of aromatic nitrogens is 1. The van der Waals surface area contributed by atoms with Crippen molar-refractivity contribution in [2.45, 2.75) is 76.6 Å². The molecule has 1 unspecified atom stereocenters. The van der Waals surface area contributed by atoms with Gasteiger partial charge in [-0.1, -0.05) is 0 Å². The van der Waals surface area contributed by atoms with E-state index in [4.69, 9.17) is 4.74 Å². The van der Waals surface area contributed by atoms with Gasteiger partial charge in [0.2, 0.25) is 0 Å². The number of nitrogens with one attached hydrogen (secondary N) is 1.